The average Bonchev–Trinajstić information content (AvgIpc) is 3.10. The quantitative estimate of drug-likeness (QED) is 0.141. The summed E-state index contributed by atoms with van der Waals surface area (Å²) in [6.07, 6.45) is -3.76. The molecule has 0 unspecified atom stereocenters. The van der Waals surface area contributed by atoms with Crippen molar-refractivity contribution in [3.8, 4) is 36.2 Å². The summed E-state index contributed by atoms with van der Waals surface area (Å²) in [5.41, 5.74) is -0.208. The van der Waals surface area contributed by atoms with E-state index in [-0.39, 0.29) is 22.6 Å². The maximum absolute atomic E-state index is 12.3. The van der Waals surface area contributed by atoms with Crippen LogP contribution in [0.15, 0.2) is 12.1 Å². The van der Waals surface area contributed by atoms with Crippen LogP contribution < -0.4 is 9.47 Å². The zero-order chi connectivity index (χ0) is 43.4. The van der Waals surface area contributed by atoms with Crippen molar-refractivity contribution in [3.05, 3.63) is 23.3 Å². The zero-order valence-electron chi connectivity index (χ0n) is 32.7. The van der Waals surface area contributed by atoms with Gasteiger partial charge in [0.1, 0.15) is 36.9 Å². The van der Waals surface area contributed by atoms with Gasteiger partial charge in [-0.2, -0.15) is 0 Å². The molecular weight excluding hydrogens is 776 g/mol. The fourth-order valence-corrected chi connectivity index (χ4v) is 5.80. The molecule has 2 aliphatic rings. The van der Waals surface area contributed by atoms with E-state index in [9.17, 15) is 38.4 Å². The highest BCUT2D eigenvalue weighted by Crippen LogP contribution is 2.37. The second-order valence-corrected chi connectivity index (χ2v) is 12.5. The van der Waals surface area contributed by atoms with Gasteiger partial charge in [-0.1, -0.05) is 11.8 Å². The van der Waals surface area contributed by atoms with Gasteiger partial charge in [-0.05, 0) is 0 Å². The summed E-state index contributed by atoms with van der Waals surface area (Å²) in [7, 11) is 0. The lowest BCUT2D eigenvalue weighted by Crippen LogP contribution is -2.63. The summed E-state index contributed by atoms with van der Waals surface area (Å²) in [6.45, 7) is 7.41. The molecule has 314 valence electrons. The Balaban J connectivity index is 2.14. The third-order valence-corrected chi connectivity index (χ3v) is 7.78. The van der Waals surface area contributed by atoms with E-state index in [0.717, 1.165) is 55.4 Å². The second-order valence-electron chi connectivity index (χ2n) is 12.5. The molecule has 3 rings (SSSR count). The van der Waals surface area contributed by atoms with Crippen LogP contribution in [-0.4, -0.2) is 122 Å². The van der Waals surface area contributed by atoms with Gasteiger partial charge in [0.05, 0.1) is 11.1 Å². The van der Waals surface area contributed by atoms with Gasteiger partial charge in [0.2, 0.25) is 24.8 Å². The standard InChI is InChI=1S/C38H42O20/c1-11-25-13-28(56-38-36(54-24(10)46)34(52-22(8)44)32(50-20(6)42)30(58-38)16-48-18(4)40)26(12-2)14-27(25)55-37-35(53-23(9)45)33(51-21(7)43)31(49-19(5)41)29(57-37)15-47-17(3)39/h1-2,13-14,29-38H,15-16H2,3-10H3/t29-,30-,31-,32-,33+,34+,35-,36-,37-,38-/m1/s1. The first-order chi connectivity index (χ1) is 27.2. The number of hydrogen-bond acceptors (Lipinski definition) is 20. The first-order valence-electron chi connectivity index (χ1n) is 17.3. The molecule has 0 aliphatic carbocycles. The molecule has 0 N–H and O–H groups in total. The van der Waals surface area contributed by atoms with E-state index in [1.165, 1.54) is 12.1 Å². The Kier molecular flexibility index (Phi) is 16.4. The third-order valence-electron chi connectivity index (χ3n) is 7.78. The number of benzene rings is 1. The maximum Gasteiger partial charge on any atom is 0.303 e. The lowest BCUT2D eigenvalue weighted by molar-refractivity contribution is -0.289. The van der Waals surface area contributed by atoms with E-state index in [1.807, 2.05) is 0 Å². The molecule has 0 aromatic heterocycles. The number of esters is 8. The molecule has 1 aromatic rings. The van der Waals surface area contributed by atoms with Crippen molar-refractivity contribution >= 4 is 47.8 Å². The monoisotopic (exact) mass is 818 g/mol. The summed E-state index contributed by atoms with van der Waals surface area (Å²) < 4.78 is 67.0. The van der Waals surface area contributed by atoms with Crippen LogP contribution in [0, 0.1) is 24.7 Å². The highest BCUT2D eigenvalue weighted by molar-refractivity contribution is 5.70. The molecule has 0 amide bonds. The highest BCUT2D eigenvalue weighted by Gasteiger charge is 2.55. The molecule has 1 aromatic carbocycles. The van der Waals surface area contributed by atoms with Crippen LogP contribution in [0.5, 0.6) is 11.5 Å². The van der Waals surface area contributed by atoms with Gasteiger partial charge in [0.25, 0.3) is 0 Å². The lowest BCUT2D eigenvalue weighted by atomic mass is 9.97. The highest BCUT2D eigenvalue weighted by atomic mass is 16.7. The Hall–Kier alpha value is -6.38. The molecule has 20 heteroatoms. The van der Waals surface area contributed by atoms with Crippen LogP contribution in [0.3, 0.4) is 0 Å². The van der Waals surface area contributed by atoms with Crippen molar-refractivity contribution < 1.29 is 95.2 Å². The number of carbonyl (C=O) groups excluding carboxylic acids is 8. The van der Waals surface area contributed by atoms with Gasteiger partial charge in [-0.15, -0.1) is 12.8 Å². The first-order valence-corrected chi connectivity index (χ1v) is 17.3. The number of hydrogen-bond donors (Lipinski definition) is 0. The maximum atomic E-state index is 12.3. The van der Waals surface area contributed by atoms with Crippen LogP contribution in [-0.2, 0) is 85.7 Å². The van der Waals surface area contributed by atoms with Crippen molar-refractivity contribution in [2.45, 2.75) is 117 Å². The fraction of sp³-hybridized carbons (Fsp3) is 0.526. The molecule has 20 nitrogen and oxygen atoms in total. The molecule has 0 radical (unpaired) electrons. The van der Waals surface area contributed by atoms with Crippen molar-refractivity contribution in [1.29, 1.82) is 0 Å². The van der Waals surface area contributed by atoms with Crippen LogP contribution in [0.25, 0.3) is 0 Å². The minimum absolute atomic E-state index is 0.104. The molecule has 0 saturated carbocycles. The van der Waals surface area contributed by atoms with E-state index >= 15 is 0 Å². The topological polar surface area (TPSA) is 247 Å². The molecule has 58 heavy (non-hydrogen) atoms. The van der Waals surface area contributed by atoms with Crippen LogP contribution in [0.2, 0.25) is 0 Å². The van der Waals surface area contributed by atoms with Crippen molar-refractivity contribution in [2.75, 3.05) is 13.2 Å². The normalized spacial score (nSPS) is 26.1. The minimum atomic E-state index is -1.70. The van der Waals surface area contributed by atoms with Gasteiger partial charge in [-0.3, -0.25) is 38.4 Å². The SMILES string of the molecule is C#Cc1cc(O[C@@H]2O[C@H](COC(C)=O)[C@@H](OC(C)=O)[C@H](OC(C)=O)[C@H]2OC(C)=O)c(C#C)cc1O[C@@H]1O[C@H](COC(C)=O)[C@@H](OC(C)=O)[C@H](OC(C)=O)[C@H]1OC(C)=O. The molecular formula is C38H42O20. The van der Waals surface area contributed by atoms with E-state index in [4.69, 9.17) is 69.7 Å². The van der Waals surface area contributed by atoms with E-state index in [0.29, 0.717) is 0 Å². The summed E-state index contributed by atoms with van der Waals surface area (Å²) >= 11 is 0. The first kappa shape index (κ1) is 46.0. The number of carbonyl (C=O) groups is 8. The van der Waals surface area contributed by atoms with E-state index < -0.39 is 122 Å². The predicted molar refractivity (Wildman–Crippen MR) is 187 cm³/mol. The summed E-state index contributed by atoms with van der Waals surface area (Å²) in [5, 5.41) is 0. The van der Waals surface area contributed by atoms with Gasteiger partial charge in [0, 0.05) is 67.5 Å². The Bertz CT molecular complexity index is 1710. The lowest BCUT2D eigenvalue weighted by Gasteiger charge is -2.44. The molecule has 0 spiro atoms. The largest absolute Gasteiger partial charge is 0.463 e. The average molecular weight is 819 g/mol. The number of terminal acetylenes is 2. The number of rotatable bonds is 14. The van der Waals surface area contributed by atoms with Crippen LogP contribution in [0.1, 0.15) is 66.5 Å². The molecule has 10 atom stereocenters. The zero-order valence-corrected chi connectivity index (χ0v) is 32.7. The van der Waals surface area contributed by atoms with Gasteiger partial charge in [-0.25, -0.2) is 0 Å². The summed E-state index contributed by atoms with van der Waals surface area (Å²) in [4.78, 5) is 96.9. The van der Waals surface area contributed by atoms with E-state index in [1.54, 1.807) is 0 Å². The predicted octanol–water partition coefficient (Wildman–Crippen LogP) is 0.573. The Labute approximate surface area is 332 Å². The molecule has 2 saturated heterocycles. The minimum Gasteiger partial charge on any atom is -0.463 e. The van der Waals surface area contributed by atoms with Gasteiger partial charge in [0.15, 0.2) is 24.4 Å². The van der Waals surface area contributed by atoms with Crippen LogP contribution in [0.4, 0.5) is 0 Å². The van der Waals surface area contributed by atoms with Gasteiger partial charge >= 0.3 is 47.8 Å². The second kappa shape index (κ2) is 20.7. The van der Waals surface area contributed by atoms with Crippen LogP contribution >= 0.6 is 0 Å². The molecule has 2 aliphatic heterocycles. The van der Waals surface area contributed by atoms with Crippen molar-refractivity contribution in [2.24, 2.45) is 0 Å². The Morgan fingerprint density at radius 1 is 0.466 bits per heavy atom. The molecule has 0 bridgehead atoms. The smallest absolute Gasteiger partial charge is 0.303 e. The van der Waals surface area contributed by atoms with Crippen molar-refractivity contribution in [1.82, 2.24) is 0 Å². The molecule has 2 fully saturated rings. The van der Waals surface area contributed by atoms with Gasteiger partial charge < -0.3 is 56.8 Å². The van der Waals surface area contributed by atoms with E-state index in [2.05, 4.69) is 11.8 Å². The third kappa shape index (κ3) is 12.8. The Morgan fingerprint density at radius 2 is 0.741 bits per heavy atom. The Morgan fingerprint density at radius 3 is 1.00 bits per heavy atom. The fourth-order valence-electron chi connectivity index (χ4n) is 5.80. The summed E-state index contributed by atoms with van der Waals surface area (Å²) in [6, 6.07) is 2.40. The van der Waals surface area contributed by atoms with Crippen molar-refractivity contribution in [3.63, 3.8) is 0 Å². The molecule has 2 heterocycles. The number of ether oxygens (including phenoxy) is 12. The summed E-state index contributed by atoms with van der Waals surface area (Å²) in [5.74, 6) is -2.38.